The van der Waals surface area contributed by atoms with Gasteiger partial charge in [0, 0.05) is 41.8 Å². The molecule has 1 spiro atoms. The van der Waals surface area contributed by atoms with Gasteiger partial charge in [-0.05, 0) is 74.0 Å². The van der Waals surface area contributed by atoms with Gasteiger partial charge in [0.25, 0.3) is 5.91 Å². The van der Waals surface area contributed by atoms with Gasteiger partial charge >= 0.3 is 15.9 Å². The number of rotatable bonds is 7. The third-order valence-corrected chi connectivity index (χ3v) is 11.2. The van der Waals surface area contributed by atoms with E-state index >= 15 is 0 Å². The van der Waals surface area contributed by atoms with Crippen LogP contribution >= 0.6 is 11.6 Å². The molecule has 2 atom stereocenters. The van der Waals surface area contributed by atoms with Crippen molar-refractivity contribution in [2.24, 2.45) is 0 Å². The minimum absolute atomic E-state index is 0.0305. The second-order valence-electron chi connectivity index (χ2n) is 10.5. The summed E-state index contributed by atoms with van der Waals surface area (Å²) in [6, 6.07) is 15.5. The molecule has 2 aliphatic heterocycles. The fourth-order valence-electron chi connectivity index (χ4n) is 6.66. The van der Waals surface area contributed by atoms with Crippen LogP contribution in [0.2, 0.25) is 5.02 Å². The molecule has 0 radical (unpaired) electrons. The third-order valence-electron chi connectivity index (χ3n) is 8.48. The number of hydrogen-bond donors (Lipinski definition) is 3. The minimum Gasteiger partial charge on any atom is -0.396 e. The van der Waals surface area contributed by atoms with Crippen molar-refractivity contribution in [1.82, 2.24) is 14.5 Å². The number of aliphatic hydroxyl groups excluding tert-OH is 1. The Bertz CT molecular complexity index is 1590. The van der Waals surface area contributed by atoms with Gasteiger partial charge in [0.15, 0.2) is 5.69 Å². The molecule has 1 saturated heterocycles. The maximum Gasteiger partial charge on any atom is 0.339 e. The van der Waals surface area contributed by atoms with Crippen molar-refractivity contribution in [3.63, 3.8) is 0 Å². The molecule has 3 aromatic carbocycles. The average molecular weight is 601 g/mol. The Balaban J connectivity index is 1.68. The van der Waals surface area contributed by atoms with Gasteiger partial charge in [0.2, 0.25) is 0 Å². The lowest BCUT2D eigenvalue weighted by atomic mass is 9.68. The number of halogens is 2. The molecule has 0 saturated carbocycles. The molecular formula is C30H32ClFN3O5S+. The summed E-state index contributed by atoms with van der Waals surface area (Å²) in [4.78, 5) is 26.9. The first-order chi connectivity index (χ1) is 19.6. The molecule has 2 heterocycles. The van der Waals surface area contributed by atoms with Gasteiger partial charge in [-0.1, -0.05) is 29.8 Å². The van der Waals surface area contributed by atoms with Crippen molar-refractivity contribution >= 4 is 39.1 Å². The van der Waals surface area contributed by atoms with Crippen molar-refractivity contribution in [2.75, 3.05) is 19.7 Å². The Hall–Kier alpha value is -3.15. The van der Waals surface area contributed by atoms with Gasteiger partial charge in [0.1, 0.15) is 16.8 Å². The maximum atomic E-state index is 14.5. The quantitative estimate of drug-likeness (QED) is 0.353. The number of sulfonamides is 1. The van der Waals surface area contributed by atoms with E-state index in [0.717, 1.165) is 29.8 Å². The molecule has 2 aliphatic rings. The van der Waals surface area contributed by atoms with Crippen LogP contribution in [0.15, 0.2) is 71.6 Å². The molecule has 1 fully saturated rings. The van der Waals surface area contributed by atoms with E-state index in [1.165, 1.54) is 13.0 Å². The SMILES string of the molecule is CC(=O)[N+]1(S(=O)(=O)c2ccc(F)cc2)c2ccc(C(=O)NCc3ccccc3Cl)cc2C2(CCNCC2)C1CCO. The molecule has 0 bridgehead atoms. The number of benzene rings is 3. The van der Waals surface area contributed by atoms with Crippen molar-refractivity contribution < 1.29 is 27.5 Å². The predicted octanol–water partition coefficient (Wildman–Crippen LogP) is 4.04. The van der Waals surface area contributed by atoms with Crippen LogP contribution in [0.4, 0.5) is 10.1 Å². The number of amides is 2. The van der Waals surface area contributed by atoms with Crippen LogP contribution in [0, 0.1) is 5.82 Å². The Labute approximate surface area is 243 Å². The summed E-state index contributed by atoms with van der Waals surface area (Å²) in [7, 11) is -4.49. The minimum atomic E-state index is -4.49. The molecule has 0 aromatic heterocycles. The normalized spacial score (nSPS) is 21.4. The lowest BCUT2D eigenvalue weighted by molar-refractivity contribution is -0.125. The van der Waals surface area contributed by atoms with E-state index in [0.29, 0.717) is 42.1 Å². The van der Waals surface area contributed by atoms with Crippen LogP contribution < -0.4 is 14.5 Å². The van der Waals surface area contributed by atoms with Gasteiger partial charge in [-0.15, -0.1) is 3.89 Å². The first-order valence-electron chi connectivity index (χ1n) is 13.5. The van der Waals surface area contributed by atoms with E-state index in [1.54, 1.807) is 24.3 Å². The summed E-state index contributed by atoms with van der Waals surface area (Å²) >= 11 is 6.25. The Morgan fingerprint density at radius 3 is 2.41 bits per heavy atom. The van der Waals surface area contributed by atoms with E-state index in [-0.39, 0.29) is 36.1 Å². The van der Waals surface area contributed by atoms with Gasteiger partial charge in [-0.3, -0.25) is 4.79 Å². The van der Waals surface area contributed by atoms with Gasteiger partial charge in [0.05, 0.1) is 12.3 Å². The highest BCUT2D eigenvalue weighted by molar-refractivity contribution is 7.91. The second kappa shape index (κ2) is 11.3. The first kappa shape index (κ1) is 29.3. The summed E-state index contributed by atoms with van der Waals surface area (Å²) in [5.74, 6) is -1.61. The Morgan fingerprint density at radius 2 is 1.78 bits per heavy atom. The smallest absolute Gasteiger partial charge is 0.339 e. The largest absolute Gasteiger partial charge is 0.396 e. The van der Waals surface area contributed by atoms with E-state index < -0.39 is 37.1 Å². The maximum absolute atomic E-state index is 14.5. The van der Waals surface area contributed by atoms with Crippen molar-refractivity contribution in [1.29, 1.82) is 0 Å². The monoisotopic (exact) mass is 600 g/mol. The van der Waals surface area contributed by atoms with Crippen LogP contribution in [0.1, 0.15) is 47.7 Å². The van der Waals surface area contributed by atoms with Crippen molar-refractivity contribution in [3.05, 3.63) is 94.3 Å². The zero-order valence-electron chi connectivity index (χ0n) is 22.6. The molecule has 2 amide bonds. The number of quaternary nitrogens is 1. The van der Waals surface area contributed by atoms with E-state index in [4.69, 9.17) is 11.6 Å². The predicted molar refractivity (Wildman–Crippen MR) is 154 cm³/mol. The van der Waals surface area contributed by atoms with E-state index in [9.17, 15) is 27.5 Å². The van der Waals surface area contributed by atoms with Gasteiger partial charge in [-0.25, -0.2) is 9.18 Å². The number of piperidine rings is 1. The summed E-state index contributed by atoms with van der Waals surface area (Å²) < 4.78 is 41.8. The molecule has 8 nitrogen and oxygen atoms in total. The number of hydrogen-bond acceptors (Lipinski definition) is 6. The van der Waals surface area contributed by atoms with Crippen molar-refractivity contribution in [3.8, 4) is 0 Å². The molecule has 3 aromatic rings. The molecule has 5 rings (SSSR count). The summed E-state index contributed by atoms with van der Waals surface area (Å²) in [6.07, 6.45) is 1.03. The number of fused-ring (bicyclic) bond motifs is 2. The van der Waals surface area contributed by atoms with Crippen LogP contribution in [0.25, 0.3) is 0 Å². The Kier molecular flexibility index (Phi) is 8.06. The lowest BCUT2D eigenvalue weighted by Gasteiger charge is -2.43. The fraction of sp³-hybridized carbons (Fsp3) is 0.333. The molecule has 3 N–H and O–H groups in total. The van der Waals surface area contributed by atoms with Crippen LogP contribution in [-0.2, 0) is 26.8 Å². The van der Waals surface area contributed by atoms with Crippen molar-refractivity contribution in [2.45, 2.75) is 49.1 Å². The molecule has 0 aliphatic carbocycles. The highest BCUT2D eigenvalue weighted by atomic mass is 35.5. The highest BCUT2D eigenvalue weighted by Crippen LogP contribution is 2.58. The van der Waals surface area contributed by atoms with Gasteiger partial charge < -0.3 is 15.7 Å². The zero-order valence-corrected chi connectivity index (χ0v) is 24.1. The van der Waals surface area contributed by atoms with E-state index in [2.05, 4.69) is 10.6 Å². The van der Waals surface area contributed by atoms with Crippen LogP contribution in [0.3, 0.4) is 0 Å². The molecular weight excluding hydrogens is 569 g/mol. The second-order valence-corrected chi connectivity index (χ2v) is 13.0. The summed E-state index contributed by atoms with van der Waals surface area (Å²) in [6.45, 7) is 2.23. The fourth-order valence-corrected chi connectivity index (χ4v) is 9.08. The summed E-state index contributed by atoms with van der Waals surface area (Å²) in [5.41, 5.74) is 1.10. The first-order valence-corrected chi connectivity index (χ1v) is 15.3. The number of carbonyl (C=O) groups is 2. The zero-order chi connectivity index (χ0) is 29.4. The summed E-state index contributed by atoms with van der Waals surface area (Å²) in [5, 5.41) is 16.9. The van der Waals surface area contributed by atoms with E-state index in [1.807, 2.05) is 12.1 Å². The number of carbonyl (C=O) groups excluding carboxylic acids is 2. The highest BCUT2D eigenvalue weighted by Gasteiger charge is 2.69. The third kappa shape index (κ3) is 4.67. The standard InChI is InChI=1S/C30H31ClFN3O5S/c1-20(37)35(41(39,40)24-9-7-23(32)8-10-24)27-11-6-21(29(38)34-19-22-4-2-3-5-26(22)31)18-25(27)30(28(35)12-17-36)13-15-33-16-14-30/h2-11,18,28,33,36H,12-17,19H2,1H3/p+1. The van der Waals surface area contributed by atoms with Crippen LogP contribution in [-0.4, -0.2) is 51.1 Å². The molecule has 2 unspecified atom stereocenters. The molecule has 41 heavy (non-hydrogen) atoms. The number of aliphatic hydroxyl groups is 1. The Morgan fingerprint density at radius 1 is 1.10 bits per heavy atom. The average Bonchev–Trinajstić information content (AvgIpc) is 3.19. The molecule has 11 heteroatoms. The van der Waals surface area contributed by atoms with Crippen LogP contribution in [0.5, 0.6) is 0 Å². The lowest BCUT2D eigenvalue weighted by Crippen LogP contribution is -2.66. The molecule has 216 valence electrons. The number of nitrogens with zero attached hydrogens (tertiary/aromatic N) is 1. The van der Waals surface area contributed by atoms with Gasteiger partial charge in [-0.2, -0.15) is 8.42 Å². The topological polar surface area (TPSA) is 113 Å². The number of nitrogens with one attached hydrogen (secondary N) is 2.